The number of hydrogen-bond donors (Lipinski definition) is 1. The van der Waals surface area contributed by atoms with Crippen molar-refractivity contribution in [2.75, 3.05) is 40.3 Å². The molecule has 114 valence electrons. The van der Waals surface area contributed by atoms with E-state index in [1.54, 1.807) is 0 Å². The molecule has 1 aliphatic heterocycles. The molecule has 2 heterocycles. The molecule has 0 bridgehead atoms. The highest BCUT2D eigenvalue weighted by Crippen LogP contribution is 2.12. The lowest BCUT2D eigenvalue weighted by Crippen LogP contribution is -2.50. The van der Waals surface area contributed by atoms with Crippen molar-refractivity contribution >= 4 is 0 Å². The van der Waals surface area contributed by atoms with Gasteiger partial charge in [0.1, 0.15) is 0 Å². The Morgan fingerprint density at radius 3 is 2.90 bits per heavy atom. The molecule has 2 N–H and O–H groups in total. The number of aromatic nitrogens is 2. The van der Waals surface area contributed by atoms with Crippen LogP contribution in [0.3, 0.4) is 0 Å². The summed E-state index contributed by atoms with van der Waals surface area (Å²) in [4.78, 5) is 9.25. The molecule has 1 unspecified atom stereocenters. The summed E-state index contributed by atoms with van der Waals surface area (Å²) in [6, 6.07) is 0.483. The van der Waals surface area contributed by atoms with Gasteiger partial charge in [0.05, 0.1) is 0 Å². The normalized spacial score (nSPS) is 21.4. The Bertz CT molecular complexity index is 395. The van der Waals surface area contributed by atoms with Gasteiger partial charge in [0.15, 0.2) is 5.82 Å². The molecule has 0 aromatic carbocycles. The Balaban J connectivity index is 1.79. The van der Waals surface area contributed by atoms with E-state index in [9.17, 15) is 0 Å². The zero-order valence-electron chi connectivity index (χ0n) is 12.7. The van der Waals surface area contributed by atoms with Crippen LogP contribution in [0, 0.1) is 0 Å². The molecule has 1 atom stereocenters. The number of hydrogen-bond acceptors (Lipinski definition) is 6. The van der Waals surface area contributed by atoms with Crippen molar-refractivity contribution in [2.45, 2.75) is 38.1 Å². The van der Waals surface area contributed by atoms with Crippen LogP contribution >= 0.6 is 0 Å². The first-order valence-electron chi connectivity index (χ1n) is 7.59. The SMILES string of the molecule is CN1CCN(C)C(Cc2noc(CCCCCN)n2)C1. The fourth-order valence-corrected chi connectivity index (χ4v) is 2.60. The largest absolute Gasteiger partial charge is 0.339 e. The molecule has 0 radical (unpaired) electrons. The van der Waals surface area contributed by atoms with E-state index in [0.29, 0.717) is 6.04 Å². The summed E-state index contributed by atoms with van der Waals surface area (Å²) >= 11 is 0. The molecular formula is C14H27N5O. The van der Waals surface area contributed by atoms with Crippen molar-refractivity contribution in [3.63, 3.8) is 0 Å². The van der Waals surface area contributed by atoms with Gasteiger partial charge in [0, 0.05) is 38.5 Å². The average molecular weight is 281 g/mol. The molecule has 0 amide bonds. The van der Waals surface area contributed by atoms with Crippen LogP contribution in [0.25, 0.3) is 0 Å². The third kappa shape index (κ3) is 4.54. The van der Waals surface area contributed by atoms with Crippen molar-refractivity contribution in [3.8, 4) is 0 Å². The lowest BCUT2D eigenvalue weighted by Gasteiger charge is -2.37. The Labute approximate surface area is 121 Å². The van der Waals surface area contributed by atoms with Crippen LogP contribution in [0.1, 0.15) is 31.0 Å². The average Bonchev–Trinajstić information content (AvgIpc) is 2.87. The first-order valence-corrected chi connectivity index (χ1v) is 7.59. The maximum atomic E-state index is 5.48. The number of unbranched alkanes of at least 4 members (excludes halogenated alkanes) is 2. The summed E-state index contributed by atoms with van der Waals surface area (Å²) < 4.78 is 5.32. The Morgan fingerprint density at radius 2 is 2.10 bits per heavy atom. The minimum absolute atomic E-state index is 0.483. The van der Waals surface area contributed by atoms with E-state index in [1.807, 2.05) is 0 Å². The number of rotatable bonds is 7. The summed E-state index contributed by atoms with van der Waals surface area (Å²) in [5.74, 6) is 1.61. The number of piperazine rings is 1. The number of aryl methyl sites for hydroxylation is 1. The summed E-state index contributed by atoms with van der Waals surface area (Å²) in [5.41, 5.74) is 5.48. The van der Waals surface area contributed by atoms with Gasteiger partial charge >= 0.3 is 0 Å². The molecule has 1 fully saturated rings. The second-order valence-electron chi connectivity index (χ2n) is 5.80. The second kappa shape index (κ2) is 7.71. The van der Waals surface area contributed by atoms with Crippen LogP contribution in [0.4, 0.5) is 0 Å². The van der Waals surface area contributed by atoms with Gasteiger partial charge in [0.2, 0.25) is 5.89 Å². The third-order valence-corrected chi connectivity index (χ3v) is 4.00. The molecule has 6 heteroatoms. The van der Waals surface area contributed by atoms with E-state index in [0.717, 1.165) is 70.0 Å². The van der Waals surface area contributed by atoms with Gasteiger partial charge in [-0.15, -0.1) is 0 Å². The Morgan fingerprint density at radius 1 is 1.25 bits per heavy atom. The Hall–Kier alpha value is -0.980. The molecule has 1 aromatic heterocycles. The van der Waals surface area contributed by atoms with Crippen molar-refractivity contribution in [1.82, 2.24) is 19.9 Å². The molecule has 0 aliphatic carbocycles. The monoisotopic (exact) mass is 281 g/mol. The van der Waals surface area contributed by atoms with Gasteiger partial charge in [-0.2, -0.15) is 4.98 Å². The van der Waals surface area contributed by atoms with Crippen LogP contribution in [0.5, 0.6) is 0 Å². The number of likely N-dealkylation sites (N-methyl/N-ethyl adjacent to an activating group) is 2. The molecule has 20 heavy (non-hydrogen) atoms. The van der Waals surface area contributed by atoms with Gasteiger partial charge in [-0.05, 0) is 33.5 Å². The molecule has 6 nitrogen and oxygen atoms in total. The molecule has 1 aliphatic rings. The lowest BCUT2D eigenvalue weighted by atomic mass is 10.1. The summed E-state index contributed by atoms with van der Waals surface area (Å²) in [5, 5.41) is 4.11. The number of nitrogens with two attached hydrogens (primary N) is 1. The van der Waals surface area contributed by atoms with E-state index in [4.69, 9.17) is 10.3 Å². The first kappa shape index (κ1) is 15.4. The topological polar surface area (TPSA) is 71.4 Å². The van der Waals surface area contributed by atoms with Gasteiger partial charge < -0.3 is 20.1 Å². The minimum atomic E-state index is 0.483. The fraction of sp³-hybridized carbons (Fsp3) is 0.857. The number of nitrogens with zero attached hydrogens (tertiary/aromatic N) is 4. The second-order valence-corrected chi connectivity index (χ2v) is 5.80. The highest BCUT2D eigenvalue weighted by molar-refractivity contribution is 4.93. The molecule has 1 aromatic rings. The smallest absolute Gasteiger partial charge is 0.226 e. The van der Waals surface area contributed by atoms with Gasteiger partial charge in [0.25, 0.3) is 0 Å². The molecule has 0 saturated carbocycles. The van der Waals surface area contributed by atoms with E-state index in [1.165, 1.54) is 0 Å². The quantitative estimate of drug-likeness (QED) is 0.735. The van der Waals surface area contributed by atoms with Crippen molar-refractivity contribution in [1.29, 1.82) is 0 Å². The van der Waals surface area contributed by atoms with Crippen molar-refractivity contribution in [3.05, 3.63) is 11.7 Å². The maximum absolute atomic E-state index is 5.48. The van der Waals surface area contributed by atoms with Crippen LogP contribution in [0.15, 0.2) is 4.52 Å². The molecule has 0 spiro atoms. The lowest BCUT2D eigenvalue weighted by molar-refractivity contribution is 0.113. The van der Waals surface area contributed by atoms with Crippen LogP contribution in [0.2, 0.25) is 0 Å². The minimum Gasteiger partial charge on any atom is -0.339 e. The Kier molecular flexibility index (Phi) is 5.94. The highest BCUT2D eigenvalue weighted by atomic mass is 16.5. The summed E-state index contributed by atoms with van der Waals surface area (Å²) in [7, 11) is 4.34. The third-order valence-electron chi connectivity index (χ3n) is 4.00. The fourth-order valence-electron chi connectivity index (χ4n) is 2.60. The van der Waals surface area contributed by atoms with Crippen LogP contribution in [-0.4, -0.2) is 66.3 Å². The van der Waals surface area contributed by atoms with Gasteiger partial charge in [-0.1, -0.05) is 11.6 Å². The highest BCUT2D eigenvalue weighted by Gasteiger charge is 2.24. The van der Waals surface area contributed by atoms with E-state index in [2.05, 4.69) is 34.0 Å². The van der Waals surface area contributed by atoms with Gasteiger partial charge in [-0.3, -0.25) is 0 Å². The standard InChI is InChI=1S/C14H27N5O/c1-18-8-9-19(2)12(11-18)10-13-16-14(20-17-13)6-4-3-5-7-15/h12H,3-11,15H2,1-2H3. The predicted octanol–water partition coefficient (Wildman–Crippen LogP) is 0.529. The molecule has 1 saturated heterocycles. The van der Waals surface area contributed by atoms with E-state index in [-0.39, 0.29) is 0 Å². The summed E-state index contributed by atoms with van der Waals surface area (Å²) in [6.45, 7) is 4.06. The summed E-state index contributed by atoms with van der Waals surface area (Å²) in [6.07, 6.45) is 5.01. The molecule has 2 rings (SSSR count). The van der Waals surface area contributed by atoms with Crippen LogP contribution in [-0.2, 0) is 12.8 Å². The van der Waals surface area contributed by atoms with Crippen LogP contribution < -0.4 is 5.73 Å². The first-order chi connectivity index (χ1) is 9.69. The van der Waals surface area contributed by atoms with E-state index >= 15 is 0 Å². The maximum Gasteiger partial charge on any atom is 0.226 e. The predicted molar refractivity (Wildman–Crippen MR) is 78.5 cm³/mol. The molecular weight excluding hydrogens is 254 g/mol. The van der Waals surface area contributed by atoms with Gasteiger partial charge in [-0.25, -0.2) is 0 Å². The zero-order valence-corrected chi connectivity index (χ0v) is 12.7. The zero-order chi connectivity index (χ0) is 14.4. The van der Waals surface area contributed by atoms with E-state index < -0.39 is 0 Å². The van der Waals surface area contributed by atoms with Crippen molar-refractivity contribution in [2.24, 2.45) is 5.73 Å². The van der Waals surface area contributed by atoms with Crippen molar-refractivity contribution < 1.29 is 4.52 Å².